The van der Waals surface area contributed by atoms with Gasteiger partial charge in [0.1, 0.15) is 0 Å². The Labute approximate surface area is 140 Å². The second-order valence-electron chi connectivity index (χ2n) is 6.22. The lowest BCUT2D eigenvalue weighted by molar-refractivity contribution is 0.165. The molecular weight excluding hydrogens is 304 g/mol. The predicted molar refractivity (Wildman–Crippen MR) is 93.4 cm³/mol. The van der Waals surface area contributed by atoms with E-state index < -0.39 is 0 Å². The van der Waals surface area contributed by atoms with Crippen LogP contribution in [-0.2, 0) is 13.0 Å². The highest BCUT2D eigenvalue weighted by atomic mass is 32.1. The lowest BCUT2D eigenvalue weighted by Crippen LogP contribution is -2.36. The van der Waals surface area contributed by atoms with Gasteiger partial charge in [0, 0.05) is 31.1 Å². The molecule has 1 saturated heterocycles. The zero-order chi connectivity index (χ0) is 15.5. The molecule has 0 saturated carbocycles. The fourth-order valence-electron chi connectivity index (χ4n) is 3.36. The summed E-state index contributed by atoms with van der Waals surface area (Å²) in [5.41, 5.74) is 3.02. The normalized spacial score (nSPS) is 19.2. The fraction of sp³-hybridized carbons (Fsp3) is 0.389. The summed E-state index contributed by atoms with van der Waals surface area (Å²) in [6, 6.07) is 8.07. The van der Waals surface area contributed by atoms with E-state index in [0.717, 1.165) is 42.8 Å². The van der Waals surface area contributed by atoms with Crippen molar-refractivity contribution in [1.29, 1.82) is 0 Å². The Kier molecular flexibility index (Phi) is 4.30. The van der Waals surface area contributed by atoms with Crippen LogP contribution in [0.2, 0.25) is 0 Å². The SMILES string of the molecule is c1ccc2nc(CN3CCCC(Cc4nccs4)C3)cnc2c1. The second-order valence-corrected chi connectivity index (χ2v) is 7.20. The molecule has 1 unspecified atom stereocenters. The maximum atomic E-state index is 4.76. The van der Waals surface area contributed by atoms with E-state index in [-0.39, 0.29) is 0 Å². The standard InChI is InChI=1S/C18H20N4S/c1-2-6-17-16(5-1)20-11-15(21-17)13-22-8-3-4-14(12-22)10-18-19-7-9-23-18/h1-2,5-7,9,11,14H,3-4,8,10,12-13H2. The van der Waals surface area contributed by atoms with Crippen molar-refractivity contribution in [2.75, 3.05) is 13.1 Å². The number of aromatic nitrogens is 3. The van der Waals surface area contributed by atoms with E-state index in [1.165, 1.54) is 17.8 Å². The summed E-state index contributed by atoms with van der Waals surface area (Å²) in [5, 5.41) is 3.34. The first-order valence-electron chi connectivity index (χ1n) is 8.18. The van der Waals surface area contributed by atoms with Gasteiger partial charge in [0.05, 0.1) is 27.9 Å². The van der Waals surface area contributed by atoms with Gasteiger partial charge in [-0.25, -0.2) is 9.97 Å². The third-order valence-electron chi connectivity index (χ3n) is 4.43. The number of fused-ring (bicyclic) bond motifs is 1. The number of nitrogens with zero attached hydrogens (tertiary/aromatic N) is 4. The molecule has 0 spiro atoms. The van der Waals surface area contributed by atoms with Crippen LogP contribution in [0.3, 0.4) is 0 Å². The summed E-state index contributed by atoms with van der Waals surface area (Å²) >= 11 is 1.77. The zero-order valence-corrected chi connectivity index (χ0v) is 13.9. The number of rotatable bonds is 4. The Morgan fingerprint density at radius 3 is 2.96 bits per heavy atom. The van der Waals surface area contributed by atoms with Crippen molar-refractivity contribution >= 4 is 22.4 Å². The van der Waals surface area contributed by atoms with E-state index in [1.807, 2.05) is 36.7 Å². The number of thiazole rings is 1. The van der Waals surface area contributed by atoms with E-state index in [0.29, 0.717) is 5.92 Å². The van der Waals surface area contributed by atoms with E-state index in [9.17, 15) is 0 Å². The highest BCUT2D eigenvalue weighted by Gasteiger charge is 2.21. The molecule has 3 heterocycles. The maximum absolute atomic E-state index is 4.76. The molecule has 0 bridgehead atoms. The van der Waals surface area contributed by atoms with E-state index in [1.54, 1.807) is 11.3 Å². The molecule has 0 aliphatic carbocycles. The van der Waals surface area contributed by atoms with Crippen LogP contribution in [0.4, 0.5) is 0 Å². The van der Waals surface area contributed by atoms with Crippen molar-refractivity contribution in [3.63, 3.8) is 0 Å². The van der Waals surface area contributed by atoms with Gasteiger partial charge in [-0.15, -0.1) is 11.3 Å². The van der Waals surface area contributed by atoms with E-state index >= 15 is 0 Å². The third kappa shape index (κ3) is 3.57. The minimum Gasteiger partial charge on any atom is -0.297 e. The molecule has 1 aliphatic rings. The first kappa shape index (κ1) is 14.7. The van der Waals surface area contributed by atoms with Gasteiger partial charge in [0.25, 0.3) is 0 Å². The van der Waals surface area contributed by atoms with Gasteiger partial charge in [-0.3, -0.25) is 9.88 Å². The molecule has 1 aromatic carbocycles. The van der Waals surface area contributed by atoms with Gasteiger partial charge >= 0.3 is 0 Å². The zero-order valence-electron chi connectivity index (χ0n) is 13.1. The average Bonchev–Trinajstić information content (AvgIpc) is 3.08. The highest BCUT2D eigenvalue weighted by Crippen LogP contribution is 2.23. The van der Waals surface area contributed by atoms with E-state index in [4.69, 9.17) is 4.98 Å². The summed E-state index contributed by atoms with van der Waals surface area (Å²) in [5.74, 6) is 0.711. The summed E-state index contributed by atoms with van der Waals surface area (Å²) in [4.78, 5) is 16.2. The molecule has 0 N–H and O–H groups in total. The number of para-hydroxylation sites is 2. The topological polar surface area (TPSA) is 41.9 Å². The number of benzene rings is 1. The van der Waals surface area contributed by atoms with Crippen LogP contribution in [0.25, 0.3) is 11.0 Å². The Morgan fingerprint density at radius 1 is 1.17 bits per heavy atom. The molecule has 1 atom stereocenters. The molecule has 5 heteroatoms. The monoisotopic (exact) mass is 324 g/mol. The smallest absolute Gasteiger partial charge is 0.0928 e. The van der Waals surface area contributed by atoms with Gasteiger partial charge in [0.2, 0.25) is 0 Å². The largest absolute Gasteiger partial charge is 0.297 e. The van der Waals surface area contributed by atoms with Crippen molar-refractivity contribution in [2.24, 2.45) is 5.92 Å². The number of hydrogen-bond acceptors (Lipinski definition) is 5. The fourth-order valence-corrected chi connectivity index (χ4v) is 4.10. The lowest BCUT2D eigenvalue weighted by Gasteiger charge is -2.32. The van der Waals surface area contributed by atoms with Crippen molar-refractivity contribution in [3.05, 3.63) is 52.7 Å². The second kappa shape index (κ2) is 6.72. The molecule has 23 heavy (non-hydrogen) atoms. The summed E-state index contributed by atoms with van der Waals surface area (Å²) in [6.45, 7) is 3.18. The number of likely N-dealkylation sites (tertiary alicyclic amines) is 1. The van der Waals surface area contributed by atoms with Crippen molar-refractivity contribution in [2.45, 2.75) is 25.8 Å². The minimum absolute atomic E-state index is 0.711. The Hall–Kier alpha value is -1.85. The van der Waals surface area contributed by atoms with Gasteiger partial charge in [0.15, 0.2) is 0 Å². The molecule has 0 radical (unpaired) electrons. The van der Waals surface area contributed by atoms with Crippen LogP contribution in [-0.4, -0.2) is 32.9 Å². The summed E-state index contributed by atoms with van der Waals surface area (Å²) in [7, 11) is 0. The van der Waals surface area contributed by atoms with Gasteiger partial charge in [-0.05, 0) is 37.4 Å². The van der Waals surface area contributed by atoms with Crippen LogP contribution in [0, 0.1) is 5.92 Å². The summed E-state index contributed by atoms with van der Waals surface area (Å²) < 4.78 is 0. The molecule has 2 aromatic heterocycles. The Balaban J connectivity index is 1.42. The van der Waals surface area contributed by atoms with Gasteiger partial charge < -0.3 is 0 Å². The molecule has 0 amide bonds. The van der Waals surface area contributed by atoms with E-state index in [2.05, 4.69) is 20.2 Å². The van der Waals surface area contributed by atoms with Crippen molar-refractivity contribution < 1.29 is 0 Å². The van der Waals surface area contributed by atoms with Crippen molar-refractivity contribution in [1.82, 2.24) is 19.9 Å². The van der Waals surface area contributed by atoms with Crippen molar-refractivity contribution in [3.8, 4) is 0 Å². The molecule has 3 aromatic rings. The van der Waals surface area contributed by atoms with Crippen LogP contribution in [0.5, 0.6) is 0 Å². The summed E-state index contributed by atoms with van der Waals surface area (Å²) in [6.07, 6.45) is 7.51. The number of hydrogen-bond donors (Lipinski definition) is 0. The predicted octanol–water partition coefficient (Wildman–Crippen LogP) is 3.54. The third-order valence-corrected chi connectivity index (χ3v) is 5.24. The van der Waals surface area contributed by atoms with Gasteiger partial charge in [-0.2, -0.15) is 0 Å². The highest BCUT2D eigenvalue weighted by molar-refractivity contribution is 7.09. The number of piperidine rings is 1. The first-order valence-corrected chi connectivity index (χ1v) is 9.06. The Bertz CT molecular complexity index is 772. The van der Waals surface area contributed by atoms with Crippen LogP contribution in [0.1, 0.15) is 23.5 Å². The molecule has 4 rings (SSSR count). The lowest BCUT2D eigenvalue weighted by atomic mass is 9.95. The van der Waals surface area contributed by atoms with Crippen LogP contribution < -0.4 is 0 Å². The molecule has 1 aliphatic heterocycles. The van der Waals surface area contributed by atoms with Crippen LogP contribution >= 0.6 is 11.3 Å². The first-order chi connectivity index (χ1) is 11.4. The van der Waals surface area contributed by atoms with Crippen LogP contribution in [0.15, 0.2) is 42.0 Å². The van der Waals surface area contributed by atoms with Gasteiger partial charge in [-0.1, -0.05) is 12.1 Å². The minimum atomic E-state index is 0.711. The molecule has 1 fully saturated rings. The molecule has 118 valence electrons. The average molecular weight is 324 g/mol. The molecule has 4 nitrogen and oxygen atoms in total. The molecular formula is C18H20N4S. The Morgan fingerprint density at radius 2 is 2.09 bits per heavy atom. The maximum Gasteiger partial charge on any atom is 0.0928 e. The quantitative estimate of drug-likeness (QED) is 0.736.